The zero-order valence-corrected chi connectivity index (χ0v) is 17.0. The Kier molecular flexibility index (Phi) is 5.35. The SMILES string of the molecule is CC(=O)Nc1cnn(C)c1NC(c1ccccc1)(c1ccccc1)c1ccccc1. The molecule has 4 aromatic rings. The smallest absolute Gasteiger partial charge is 0.221 e. The lowest BCUT2D eigenvalue weighted by molar-refractivity contribution is -0.114. The van der Waals surface area contributed by atoms with Crippen molar-refractivity contribution >= 4 is 17.4 Å². The molecule has 0 saturated carbocycles. The van der Waals surface area contributed by atoms with E-state index >= 15 is 0 Å². The Morgan fingerprint density at radius 3 is 1.63 bits per heavy atom. The van der Waals surface area contributed by atoms with E-state index in [9.17, 15) is 4.79 Å². The second kappa shape index (κ2) is 8.25. The monoisotopic (exact) mass is 396 g/mol. The summed E-state index contributed by atoms with van der Waals surface area (Å²) >= 11 is 0. The van der Waals surface area contributed by atoms with Crippen molar-refractivity contribution in [3.8, 4) is 0 Å². The number of amides is 1. The van der Waals surface area contributed by atoms with Crippen LogP contribution in [0.4, 0.5) is 11.5 Å². The van der Waals surface area contributed by atoms with Crippen LogP contribution in [0.15, 0.2) is 97.2 Å². The maximum atomic E-state index is 11.8. The summed E-state index contributed by atoms with van der Waals surface area (Å²) in [5.74, 6) is 0.581. The van der Waals surface area contributed by atoms with E-state index in [-0.39, 0.29) is 5.91 Å². The van der Waals surface area contributed by atoms with Crippen LogP contribution < -0.4 is 10.6 Å². The Bertz CT molecular complexity index is 1030. The van der Waals surface area contributed by atoms with Crippen molar-refractivity contribution in [2.45, 2.75) is 12.5 Å². The third-order valence-electron chi connectivity index (χ3n) is 5.18. The van der Waals surface area contributed by atoms with Crippen LogP contribution in [0, 0.1) is 0 Å². The quantitative estimate of drug-likeness (QED) is 0.461. The number of aromatic nitrogens is 2. The molecule has 0 bridgehead atoms. The Morgan fingerprint density at radius 1 is 0.800 bits per heavy atom. The van der Waals surface area contributed by atoms with Crippen molar-refractivity contribution in [2.24, 2.45) is 7.05 Å². The number of benzene rings is 3. The molecule has 0 fully saturated rings. The number of hydrogen-bond donors (Lipinski definition) is 2. The van der Waals surface area contributed by atoms with Gasteiger partial charge in [0.2, 0.25) is 5.91 Å². The summed E-state index contributed by atoms with van der Waals surface area (Å²) in [5.41, 5.74) is 3.19. The lowest BCUT2D eigenvalue weighted by Crippen LogP contribution is -2.39. The van der Waals surface area contributed by atoms with Crippen LogP contribution in [-0.4, -0.2) is 15.7 Å². The number of carbonyl (C=O) groups excluding carboxylic acids is 1. The van der Waals surface area contributed by atoms with Gasteiger partial charge in [-0.1, -0.05) is 91.0 Å². The molecule has 0 aliphatic heterocycles. The number of carbonyl (C=O) groups is 1. The average molecular weight is 396 g/mol. The first kappa shape index (κ1) is 19.5. The molecule has 4 rings (SSSR count). The Hall–Kier alpha value is -3.86. The summed E-state index contributed by atoms with van der Waals surface area (Å²) in [4.78, 5) is 11.8. The summed E-state index contributed by atoms with van der Waals surface area (Å²) in [6.45, 7) is 1.50. The summed E-state index contributed by atoms with van der Waals surface area (Å²) < 4.78 is 1.74. The van der Waals surface area contributed by atoms with Crippen molar-refractivity contribution < 1.29 is 4.79 Å². The predicted octanol–water partition coefficient (Wildman–Crippen LogP) is 4.78. The highest BCUT2D eigenvalue weighted by Gasteiger charge is 2.37. The second-order valence-corrected chi connectivity index (χ2v) is 7.18. The molecule has 1 amide bonds. The lowest BCUT2D eigenvalue weighted by atomic mass is 9.77. The topological polar surface area (TPSA) is 59.0 Å². The zero-order chi connectivity index (χ0) is 21.0. The minimum atomic E-state index is -0.690. The average Bonchev–Trinajstić information content (AvgIpc) is 3.12. The maximum Gasteiger partial charge on any atom is 0.221 e. The maximum absolute atomic E-state index is 11.8. The molecule has 150 valence electrons. The molecule has 5 nitrogen and oxygen atoms in total. The number of hydrogen-bond acceptors (Lipinski definition) is 3. The zero-order valence-electron chi connectivity index (χ0n) is 17.0. The van der Waals surface area contributed by atoms with Gasteiger partial charge < -0.3 is 10.6 Å². The van der Waals surface area contributed by atoms with Crippen LogP contribution in [0.3, 0.4) is 0 Å². The molecule has 0 aliphatic rings. The molecule has 30 heavy (non-hydrogen) atoms. The third-order valence-corrected chi connectivity index (χ3v) is 5.18. The van der Waals surface area contributed by atoms with E-state index < -0.39 is 5.54 Å². The Morgan fingerprint density at radius 2 is 1.23 bits per heavy atom. The predicted molar refractivity (Wildman–Crippen MR) is 120 cm³/mol. The lowest BCUT2D eigenvalue weighted by Gasteiger charge is -2.38. The van der Waals surface area contributed by atoms with Gasteiger partial charge in [-0.25, -0.2) is 0 Å². The summed E-state index contributed by atoms with van der Waals surface area (Å²) in [6, 6.07) is 30.9. The number of nitrogens with zero attached hydrogens (tertiary/aromatic N) is 2. The van der Waals surface area contributed by atoms with E-state index in [1.54, 1.807) is 10.9 Å². The molecule has 0 spiro atoms. The van der Waals surface area contributed by atoms with Gasteiger partial charge in [0.1, 0.15) is 17.0 Å². The normalized spacial score (nSPS) is 11.1. The van der Waals surface area contributed by atoms with Crippen LogP contribution in [-0.2, 0) is 17.4 Å². The minimum absolute atomic E-state index is 0.143. The summed E-state index contributed by atoms with van der Waals surface area (Å²) in [6.07, 6.45) is 1.66. The van der Waals surface area contributed by atoms with E-state index in [0.29, 0.717) is 5.69 Å². The summed E-state index contributed by atoms with van der Waals surface area (Å²) in [7, 11) is 1.86. The van der Waals surface area contributed by atoms with Gasteiger partial charge in [0.15, 0.2) is 0 Å². The van der Waals surface area contributed by atoms with Gasteiger partial charge in [-0.3, -0.25) is 9.48 Å². The Balaban J connectivity index is 1.99. The molecule has 5 heteroatoms. The molecule has 1 heterocycles. The van der Waals surface area contributed by atoms with Crippen LogP contribution in [0.1, 0.15) is 23.6 Å². The van der Waals surface area contributed by atoms with Crippen LogP contribution >= 0.6 is 0 Å². The van der Waals surface area contributed by atoms with E-state index in [2.05, 4.69) is 52.1 Å². The van der Waals surface area contributed by atoms with Crippen molar-refractivity contribution in [2.75, 3.05) is 10.6 Å². The Labute approximate surface area is 176 Å². The molecule has 0 unspecified atom stereocenters. The van der Waals surface area contributed by atoms with Gasteiger partial charge in [-0.15, -0.1) is 0 Å². The van der Waals surface area contributed by atoms with Gasteiger partial charge in [0.05, 0.1) is 6.20 Å². The van der Waals surface area contributed by atoms with Gasteiger partial charge in [0.25, 0.3) is 0 Å². The highest BCUT2D eigenvalue weighted by molar-refractivity contribution is 5.92. The molecule has 1 aromatic heterocycles. The van der Waals surface area contributed by atoms with Crippen molar-refractivity contribution in [1.29, 1.82) is 0 Å². The van der Waals surface area contributed by atoms with Crippen LogP contribution in [0.25, 0.3) is 0 Å². The first-order valence-electron chi connectivity index (χ1n) is 9.85. The fourth-order valence-corrected chi connectivity index (χ4v) is 3.83. The third kappa shape index (κ3) is 3.57. The molecule has 3 aromatic carbocycles. The van der Waals surface area contributed by atoms with Crippen molar-refractivity contribution in [1.82, 2.24) is 9.78 Å². The number of aryl methyl sites for hydroxylation is 1. The van der Waals surface area contributed by atoms with Gasteiger partial charge >= 0.3 is 0 Å². The molecular formula is C25H24N4O. The van der Waals surface area contributed by atoms with Crippen molar-refractivity contribution in [3.05, 3.63) is 114 Å². The second-order valence-electron chi connectivity index (χ2n) is 7.18. The van der Waals surface area contributed by atoms with E-state index in [4.69, 9.17) is 0 Å². The molecule has 0 aliphatic carbocycles. The molecule has 0 atom stereocenters. The van der Waals surface area contributed by atoms with Gasteiger partial charge in [-0.05, 0) is 16.7 Å². The standard InChI is InChI=1S/C25H24N4O/c1-19(30)27-23-18-26-29(2)24(23)28-25(20-12-6-3-7-13-20,21-14-8-4-9-15-21)22-16-10-5-11-17-22/h3-18,28H,1-2H3,(H,27,30). The fraction of sp³-hybridized carbons (Fsp3) is 0.120. The number of anilines is 2. The first-order valence-corrected chi connectivity index (χ1v) is 9.85. The molecule has 0 radical (unpaired) electrons. The van der Waals surface area contributed by atoms with E-state index in [0.717, 1.165) is 22.5 Å². The molecular weight excluding hydrogens is 372 g/mol. The minimum Gasteiger partial charge on any atom is -0.351 e. The van der Waals surface area contributed by atoms with Gasteiger partial charge in [-0.2, -0.15) is 5.10 Å². The summed E-state index contributed by atoms with van der Waals surface area (Å²) in [5, 5.41) is 11.0. The van der Waals surface area contributed by atoms with Crippen LogP contribution in [0.5, 0.6) is 0 Å². The molecule has 0 saturated heterocycles. The van der Waals surface area contributed by atoms with Crippen molar-refractivity contribution in [3.63, 3.8) is 0 Å². The van der Waals surface area contributed by atoms with E-state index in [1.807, 2.05) is 61.6 Å². The highest BCUT2D eigenvalue weighted by atomic mass is 16.1. The number of rotatable bonds is 6. The molecule has 2 N–H and O–H groups in total. The highest BCUT2D eigenvalue weighted by Crippen LogP contribution is 2.41. The van der Waals surface area contributed by atoms with Gasteiger partial charge in [0, 0.05) is 14.0 Å². The fourth-order valence-electron chi connectivity index (χ4n) is 3.83. The number of nitrogens with one attached hydrogen (secondary N) is 2. The largest absolute Gasteiger partial charge is 0.351 e. The van der Waals surface area contributed by atoms with E-state index in [1.165, 1.54) is 6.92 Å². The van der Waals surface area contributed by atoms with Crippen LogP contribution in [0.2, 0.25) is 0 Å². The first-order chi connectivity index (χ1) is 14.6.